The van der Waals surface area contributed by atoms with E-state index >= 15 is 0 Å². The Morgan fingerprint density at radius 3 is 2.85 bits per heavy atom. The Kier molecular flexibility index (Phi) is 3.28. The Morgan fingerprint density at radius 1 is 1.46 bits per heavy atom. The molecule has 0 fully saturated rings. The third-order valence-electron chi connectivity index (χ3n) is 1.62. The SMILES string of the molecule is NCCNc1cccc(C(N)=O)c1. The summed E-state index contributed by atoms with van der Waals surface area (Å²) in [6, 6.07) is 7.02. The molecule has 5 N–H and O–H groups in total. The molecule has 0 aliphatic carbocycles. The highest BCUT2D eigenvalue weighted by molar-refractivity contribution is 5.93. The summed E-state index contributed by atoms with van der Waals surface area (Å²) < 4.78 is 0. The molecule has 1 aromatic rings. The molecule has 0 saturated heterocycles. The summed E-state index contributed by atoms with van der Waals surface area (Å²) in [6.07, 6.45) is 0. The van der Waals surface area contributed by atoms with Crippen LogP contribution in [0.25, 0.3) is 0 Å². The average Bonchev–Trinajstić information content (AvgIpc) is 2.15. The van der Waals surface area contributed by atoms with E-state index in [9.17, 15) is 4.79 Å². The number of amides is 1. The zero-order valence-corrected chi connectivity index (χ0v) is 7.29. The van der Waals surface area contributed by atoms with E-state index in [0.29, 0.717) is 18.7 Å². The zero-order valence-electron chi connectivity index (χ0n) is 7.29. The van der Waals surface area contributed by atoms with E-state index in [0.717, 1.165) is 5.69 Å². The van der Waals surface area contributed by atoms with Crippen molar-refractivity contribution in [3.63, 3.8) is 0 Å². The lowest BCUT2D eigenvalue weighted by atomic mass is 10.2. The molecule has 70 valence electrons. The summed E-state index contributed by atoms with van der Waals surface area (Å²) >= 11 is 0. The summed E-state index contributed by atoms with van der Waals surface area (Å²) in [7, 11) is 0. The molecule has 0 aromatic heterocycles. The van der Waals surface area contributed by atoms with Gasteiger partial charge >= 0.3 is 0 Å². The first-order valence-corrected chi connectivity index (χ1v) is 4.08. The third-order valence-corrected chi connectivity index (χ3v) is 1.62. The number of benzene rings is 1. The first-order chi connectivity index (χ1) is 6.24. The number of carbonyl (C=O) groups is 1. The molecular weight excluding hydrogens is 166 g/mol. The highest BCUT2D eigenvalue weighted by Crippen LogP contribution is 2.09. The molecule has 1 aromatic carbocycles. The van der Waals surface area contributed by atoms with Gasteiger partial charge in [-0.25, -0.2) is 0 Å². The summed E-state index contributed by atoms with van der Waals surface area (Å²) in [5, 5.41) is 3.06. The maximum atomic E-state index is 10.8. The molecule has 0 aliphatic heterocycles. The van der Waals surface area contributed by atoms with Gasteiger partial charge in [-0.05, 0) is 18.2 Å². The molecule has 0 spiro atoms. The van der Waals surface area contributed by atoms with Crippen LogP contribution in [0.5, 0.6) is 0 Å². The second-order valence-electron chi connectivity index (χ2n) is 2.66. The normalized spacial score (nSPS) is 9.62. The molecule has 0 aliphatic rings. The topological polar surface area (TPSA) is 81.1 Å². The lowest BCUT2D eigenvalue weighted by Gasteiger charge is -2.04. The maximum Gasteiger partial charge on any atom is 0.248 e. The fourth-order valence-corrected chi connectivity index (χ4v) is 0.999. The van der Waals surface area contributed by atoms with Crippen LogP contribution in [0.2, 0.25) is 0 Å². The van der Waals surface area contributed by atoms with Crippen LogP contribution in [0.1, 0.15) is 10.4 Å². The van der Waals surface area contributed by atoms with E-state index in [1.807, 2.05) is 6.07 Å². The van der Waals surface area contributed by atoms with Crippen molar-refractivity contribution in [1.82, 2.24) is 0 Å². The molecule has 0 atom stereocenters. The van der Waals surface area contributed by atoms with Crippen molar-refractivity contribution in [1.29, 1.82) is 0 Å². The number of hydrogen-bond acceptors (Lipinski definition) is 3. The smallest absolute Gasteiger partial charge is 0.248 e. The predicted molar refractivity (Wildman–Crippen MR) is 52.5 cm³/mol. The number of carbonyl (C=O) groups excluding carboxylic acids is 1. The van der Waals surface area contributed by atoms with Crippen LogP contribution >= 0.6 is 0 Å². The van der Waals surface area contributed by atoms with Crippen molar-refractivity contribution in [2.24, 2.45) is 11.5 Å². The van der Waals surface area contributed by atoms with Gasteiger partial charge in [-0.2, -0.15) is 0 Å². The Morgan fingerprint density at radius 2 is 2.23 bits per heavy atom. The number of anilines is 1. The molecule has 0 bridgehead atoms. The van der Waals surface area contributed by atoms with Crippen LogP contribution in [0.4, 0.5) is 5.69 Å². The highest BCUT2D eigenvalue weighted by Gasteiger charge is 1.99. The predicted octanol–water partition coefficient (Wildman–Crippen LogP) is 0.156. The second-order valence-corrected chi connectivity index (χ2v) is 2.66. The Hall–Kier alpha value is -1.55. The van der Waals surface area contributed by atoms with Crippen LogP contribution in [0.3, 0.4) is 0 Å². The Bertz CT molecular complexity index is 299. The van der Waals surface area contributed by atoms with Crippen LogP contribution in [0, 0.1) is 0 Å². The number of hydrogen-bond donors (Lipinski definition) is 3. The lowest BCUT2D eigenvalue weighted by molar-refractivity contribution is 0.100. The van der Waals surface area contributed by atoms with Gasteiger partial charge in [0.05, 0.1) is 0 Å². The summed E-state index contributed by atoms with van der Waals surface area (Å²) in [6.45, 7) is 1.24. The molecule has 0 radical (unpaired) electrons. The van der Waals surface area contributed by atoms with Crippen LogP contribution in [-0.4, -0.2) is 19.0 Å². The molecular formula is C9H13N3O. The van der Waals surface area contributed by atoms with Crippen molar-refractivity contribution in [2.75, 3.05) is 18.4 Å². The number of primary amides is 1. The van der Waals surface area contributed by atoms with Gasteiger partial charge in [-0.3, -0.25) is 4.79 Å². The zero-order chi connectivity index (χ0) is 9.68. The van der Waals surface area contributed by atoms with Crippen molar-refractivity contribution >= 4 is 11.6 Å². The minimum Gasteiger partial charge on any atom is -0.384 e. The first-order valence-electron chi connectivity index (χ1n) is 4.08. The fraction of sp³-hybridized carbons (Fsp3) is 0.222. The third kappa shape index (κ3) is 2.76. The average molecular weight is 179 g/mol. The van der Waals surface area contributed by atoms with Crippen molar-refractivity contribution in [3.8, 4) is 0 Å². The Balaban J connectivity index is 2.73. The highest BCUT2D eigenvalue weighted by atomic mass is 16.1. The number of nitrogens with one attached hydrogen (secondary N) is 1. The van der Waals surface area contributed by atoms with Crippen molar-refractivity contribution in [3.05, 3.63) is 29.8 Å². The lowest BCUT2D eigenvalue weighted by Crippen LogP contribution is -2.14. The second kappa shape index (κ2) is 4.47. The van der Waals surface area contributed by atoms with Crippen LogP contribution in [-0.2, 0) is 0 Å². The van der Waals surface area contributed by atoms with Gasteiger partial charge in [0.2, 0.25) is 5.91 Å². The van der Waals surface area contributed by atoms with E-state index in [4.69, 9.17) is 11.5 Å². The van der Waals surface area contributed by atoms with E-state index < -0.39 is 5.91 Å². The summed E-state index contributed by atoms with van der Waals surface area (Å²) in [5.41, 5.74) is 11.8. The largest absolute Gasteiger partial charge is 0.384 e. The maximum absolute atomic E-state index is 10.8. The minimum absolute atomic E-state index is 0.420. The van der Waals surface area contributed by atoms with E-state index in [-0.39, 0.29) is 0 Å². The molecule has 4 heteroatoms. The van der Waals surface area contributed by atoms with Gasteiger partial charge in [-0.1, -0.05) is 6.07 Å². The Labute approximate surface area is 76.9 Å². The molecule has 4 nitrogen and oxygen atoms in total. The molecule has 1 amide bonds. The van der Waals surface area contributed by atoms with Gasteiger partial charge in [0.15, 0.2) is 0 Å². The molecule has 0 unspecified atom stereocenters. The molecule has 1 rings (SSSR count). The fourth-order valence-electron chi connectivity index (χ4n) is 0.999. The van der Waals surface area contributed by atoms with Gasteiger partial charge in [-0.15, -0.1) is 0 Å². The first kappa shape index (κ1) is 9.54. The van der Waals surface area contributed by atoms with E-state index in [1.165, 1.54) is 0 Å². The molecule has 13 heavy (non-hydrogen) atoms. The van der Waals surface area contributed by atoms with Crippen molar-refractivity contribution < 1.29 is 4.79 Å². The summed E-state index contributed by atoms with van der Waals surface area (Å²) in [4.78, 5) is 10.8. The monoisotopic (exact) mass is 179 g/mol. The molecule has 0 saturated carbocycles. The standard InChI is InChI=1S/C9H13N3O/c10-4-5-12-8-3-1-2-7(6-8)9(11)13/h1-3,6,12H,4-5,10H2,(H2,11,13). The van der Waals surface area contributed by atoms with Gasteiger partial charge in [0.25, 0.3) is 0 Å². The van der Waals surface area contributed by atoms with E-state index in [1.54, 1.807) is 18.2 Å². The van der Waals surface area contributed by atoms with Gasteiger partial charge in [0, 0.05) is 24.3 Å². The minimum atomic E-state index is -0.420. The van der Waals surface area contributed by atoms with Gasteiger partial charge in [0.1, 0.15) is 0 Å². The molecule has 0 heterocycles. The van der Waals surface area contributed by atoms with Crippen LogP contribution in [0.15, 0.2) is 24.3 Å². The van der Waals surface area contributed by atoms with E-state index in [2.05, 4.69) is 5.32 Å². The van der Waals surface area contributed by atoms with Gasteiger partial charge < -0.3 is 16.8 Å². The van der Waals surface area contributed by atoms with Crippen molar-refractivity contribution in [2.45, 2.75) is 0 Å². The number of nitrogens with two attached hydrogens (primary N) is 2. The van der Waals surface area contributed by atoms with Crippen LogP contribution < -0.4 is 16.8 Å². The number of rotatable bonds is 4. The quantitative estimate of drug-likeness (QED) is 0.615. The summed E-state index contributed by atoms with van der Waals surface area (Å²) in [5.74, 6) is -0.420.